The molecular formula is C16H16N2O3. The molecule has 0 saturated heterocycles. The quantitative estimate of drug-likeness (QED) is 0.673. The number of hydrogen-bond donors (Lipinski definition) is 1. The molecule has 0 aliphatic heterocycles. The second-order valence-electron chi connectivity index (χ2n) is 4.37. The number of rotatable bonds is 5. The van der Waals surface area contributed by atoms with Crippen molar-refractivity contribution in [3.8, 4) is 0 Å². The van der Waals surface area contributed by atoms with E-state index in [1.807, 2.05) is 30.3 Å². The number of aromatic nitrogens is 1. The third kappa shape index (κ3) is 4.14. The Kier molecular flexibility index (Phi) is 5.04. The number of fused-ring (bicyclic) bond motifs is 1. The molecule has 0 saturated carbocycles. The number of methoxy groups -OCH3 is 1. The van der Waals surface area contributed by atoms with E-state index in [2.05, 4.69) is 15.0 Å². The molecule has 1 aromatic heterocycles. The lowest BCUT2D eigenvalue weighted by molar-refractivity contribution is -0.140. The Morgan fingerprint density at radius 2 is 2.10 bits per heavy atom. The number of ether oxygens (including phenoxy) is 1. The van der Waals surface area contributed by atoms with Crippen LogP contribution in [-0.4, -0.2) is 30.5 Å². The summed E-state index contributed by atoms with van der Waals surface area (Å²) in [6.07, 6.45) is 5.02. The minimum absolute atomic E-state index is 0.159. The van der Waals surface area contributed by atoms with Gasteiger partial charge in [0.15, 0.2) is 0 Å². The summed E-state index contributed by atoms with van der Waals surface area (Å²) in [6, 6.07) is 9.62. The van der Waals surface area contributed by atoms with Gasteiger partial charge in [-0.05, 0) is 12.1 Å². The van der Waals surface area contributed by atoms with E-state index in [0.29, 0.717) is 0 Å². The Hall–Kier alpha value is -2.69. The number of nitrogens with one attached hydrogen (secondary N) is 1. The highest BCUT2D eigenvalue weighted by Crippen LogP contribution is 2.16. The molecule has 21 heavy (non-hydrogen) atoms. The van der Waals surface area contributed by atoms with Gasteiger partial charge >= 0.3 is 5.97 Å². The number of carbonyl (C=O) groups is 2. The number of amides is 1. The fraction of sp³-hybridized carbons (Fsp3) is 0.188. The molecule has 1 amide bonds. The molecule has 0 atom stereocenters. The van der Waals surface area contributed by atoms with Crippen molar-refractivity contribution in [2.24, 2.45) is 0 Å². The first-order chi connectivity index (χ1) is 10.2. The monoisotopic (exact) mass is 284 g/mol. The molecule has 2 aromatic rings. The van der Waals surface area contributed by atoms with Gasteiger partial charge in [-0.1, -0.05) is 24.3 Å². The maximum absolute atomic E-state index is 11.7. The number of pyridine rings is 1. The van der Waals surface area contributed by atoms with Crippen LogP contribution >= 0.6 is 0 Å². The molecule has 5 heteroatoms. The summed E-state index contributed by atoms with van der Waals surface area (Å²) in [5, 5.41) is 3.64. The lowest BCUT2D eigenvalue weighted by atomic mass is 10.1. The van der Waals surface area contributed by atoms with Crippen molar-refractivity contribution in [3.63, 3.8) is 0 Å². The van der Waals surface area contributed by atoms with Crippen LogP contribution in [0.3, 0.4) is 0 Å². The van der Waals surface area contributed by atoms with E-state index in [9.17, 15) is 9.59 Å². The molecule has 1 N–H and O–H groups in total. The van der Waals surface area contributed by atoms with Crippen LogP contribution in [0.5, 0.6) is 0 Å². The van der Waals surface area contributed by atoms with Crippen LogP contribution in [-0.2, 0) is 14.3 Å². The first-order valence-corrected chi connectivity index (χ1v) is 6.57. The van der Waals surface area contributed by atoms with E-state index in [1.165, 1.54) is 13.2 Å². The summed E-state index contributed by atoms with van der Waals surface area (Å²) in [5.41, 5.74) is 1.72. The fourth-order valence-corrected chi connectivity index (χ4v) is 1.88. The van der Waals surface area contributed by atoms with E-state index in [0.717, 1.165) is 16.5 Å². The van der Waals surface area contributed by atoms with Crippen LogP contribution in [0.25, 0.3) is 17.0 Å². The van der Waals surface area contributed by atoms with Gasteiger partial charge in [0.1, 0.15) is 0 Å². The molecule has 0 radical (unpaired) electrons. The number of benzene rings is 1. The van der Waals surface area contributed by atoms with Crippen molar-refractivity contribution in [2.45, 2.75) is 6.42 Å². The van der Waals surface area contributed by atoms with Crippen LogP contribution in [0.1, 0.15) is 12.0 Å². The minimum Gasteiger partial charge on any atom is -0.469 e. The zero-order valence-electron chi connectivity index (χ0n) is 11.7. The topological polar surface area (TPSA) is 68.3 Å². The van der Waals surface area contributed by atoms with Gasteiger partial charge < -0.3 is 10.1 Å². The summed E-state index contributed by atoms with van der Waals surface area (Å²) in [6.45, 7) is 0.254. The van der Waals surface area contributed by atoms with Gasteiger partial charge in [-0.2, -0.15) is 0 Å². The molecule has 5 nitrogen and oxygen atoms in total. The van der Waals surface area contributed by atoms with Crippen molar-refractivity contribution in [3.05, 3.63) is 48.2 Å². The highest BCUT2D eigenvalue weighted by atomic mass is 16.5. The SMILES string of the molecule is COC(=O)CCNC(=O)/C=C/c1cccc2cccnc12. The second-order valence-corrected chi connectivity index (χ2v) is 4.37. The highest BCUT2D eigenvalue weighted by molar-refractivity contribution is 5.95. The summed E-state index contributed by atoms with van der Waals surface area (Å²) >= 11 is 0. The Balaban J connectivity index is 1.99. The van der Waals surface area contributed by atoms with Crippen molar-refractivity contribution in [1.82, 2.24) is 10.3 Å². The molecule has 0 aliphatic carbocycles. The predicted octanol–water partition coefficient (Wildman–Crippen LogP) is 1.93. The van der Waals surface area contributed by atoms with E-state index in [-0.39, 0.29) is 24.8 Å². The number of esters is 1. The van der Waals surface area contributed by atoms with E-state index in [1.54, 1.807) is 12.3 Å². The van der Waals surface area contributed by atoms with Gasteiger partial charge in [0.05, 0.1) is 19.0 Å². The standard InChI is InChI=1S/C16H16N2O3/c1-21-15(20)9-11-17-14(19)8-7-13-5-2-4-12-6-3-10-18-16(12)13/h2-8,10H,9,11H2,1H3,(H,17,19)/b8-7+. The first kappa shape index (κ1) is 14.7. The zero-order valence-corrected chi connectivity index (χ0v) is 11.7. The average molecular weight is 284 g/mol. The summed E-state index contributed by atoms with van der Waals surface area (Å²) < 4.78 is 4.49. The molecule has 0 bridgehead atoms. The summed E-state index contributed by atoms with van der Waals surface area (Å²) in [5.74, 6) is -0.607. The lowest BCUT2D eigenvalue weighted by Crippen LogP contribution is -2.24. The molecular weight excluding hydrogens is 268 g/mol. The molecule has 0 spiro atoms. The fourth-order valence-electron chi connectivity index (χ4n) is 1.88. The minimum atomic E-state index is -0.350. The predicted molar refractivity (Wildman–Crippen MR) is 80.4 cm³/mol. The molecule has 108 valence electrons. The van der Waals surface area contributed by atoms with Crippen LogP contribution < -0.4 is 5.32 Å². The first-order valence-electron chi connectivity index (χ1n) is 6.57. The van der Waals surface area contributed by atoms with Gasteiger partial charge in [0.25, 0.3) is 0 Å². The number of para-hydroxylation sites is 1. The van der Waals surface area contributed by atoms with Gasteiger partial charge in [-0.15, -0.1) is 0 Å². The maximum atomic E-state index is 11.7. The van der Waals surface area contributed by atoms with Gasteiger partial charge in [-0.3, -0.25) is 14.6 Å². The van der Waals surface area contributed by atoms with Crippen molar-refractivity contribution >= 4 is 28.9 Å². The lowest BCUT2D eigenvalue weighted by Gasteiger charge is -2.02. The number of hydrogen-bond acceptors (Lipinski definition) is 4. The molecule has 1 aromatic carbocycles. The van der Waals surface area contributed by atoms with Crippen molar-refractivity contribution in [2.75, 3.05) is 13.7 Å². The highest BCUT2D eigenvalue weighted by Gasteiger charge is 2.02. The summed E-state index contributed by atoms with van der Waals surface area (Å²) in [4.78, 5) is 26.9. The molecule has 2 rings (SSSR count). The van der Waals surface area contributed by atoms with E-state index < -0.39 is 0 Å². The van der Waals surface area contributed by atoms with Gasteiger partial charge in [0, 0.05) is 29.8 Å². The van der Waals surface area contributed by atoms with Crippen molar-refractivity contribution in [1.29, 1.82) is 0 Å². The van der Waals surface area contributed by atoms with Gasteiger partial charge in [-0.25, -0.2) is 0 Å². The van der Waals surface area contributed by atoms with Crippen molar-refractivity contribution < 1.29 is 14.3 Å². The second kappa shape index (κ2) is 7.19. The number of nitrogens with zero attached hydrogens (tertiary/aromatic N) is 1. The van der Waals surface area contributed by atoms with Gasteiger partial charge in [0.2, 0.25) is 5.91 Å². The molecule has 0 aliphatic rings. The number of carbonyl (C=O) groups excluding carboxylic acids is 2. The zero-order chi connectivity index (χ0) is 15.1. The Labute approximate surface area is 122 Å². The molecule has 1 heterocycles. The van der Waals surface area contributed by atoms with E-state index >= 15 is 0 Å². The Bertz CT molecular complexity index is 675. The Morgan fingerprint density at radius 3 is 2.90 bits per heavy atom. The smallest absolute Gasteiger partial charge is 0.307 e. The third-order valence-corrected chi connectivity index (χ3v) is 2.93. The summed E-state index contributed by atoms with van der Waals surface area (Å²) in [7, 11) is 1.32. The van der Waals surface area contributed by atoms with E-state index in [4.69, 9.17) is 0 Å². The molecule has 0 fully saturated rings. The Morgan fingerprint density at radius 1 is 1.29 bits per heavy atom. The molecule has 0 unspecified atom stereocenters. The van der Waals surface area contributed by atoms with Crippen LogP contribution in [0.2, 0.25) is 0 Å². The maximum Gasteiger partial charge on any atom is 0.307 e. The third-order valence-electron chi connectivity index (χ3n) is 2.93. The van der Waals surface area contributed by atoms with Crippen LogP contribution in [0, 0.1) is 0 Å². The van der Waals surface area contributed by atoms with Crippen LogP contribution in [0.4, 0.5) is 0 Å². The van der Waals surface area contributed by atoms with Crippen LogP contribution in [0.15, 0.2) is 42.6 Å². The normalized spacial score (nSPS) is 10.7. The largest absolute Gasteiger partial charge is 0.469 e. The average Bonchev–Trinajstić information content (AvgIpc) is 2.52.